The summed E-state index contributed by atoms with van der Waals surface area (Å²) in [7, 11) is 0. The summed E-state index contributed by atoms with van der Waals surface area (Å²) in [4.78, 5) is 0. The number of nitrogens with two attached hydrogens (primary N) is 1. The molecule has 0 aromatic carbocycles. The summed E-state index contributed by atoms with van der Waals surface area (Å²) in [6, 6.07) is 0.0707. The monoisotopic (exact) mass is 233 g/mol. The fourth-order valence-electron chi connectivity index (χ4n) is 1.72. The predicted molar refractivity (Wildman–Crippen MR) is 65.1 cm³/mol. The van der Waals surface area contributed by atoms with Crippen molar-refractivity contribution in [3.63, 3.8) is 0 Å². The Morgan fingerprint density at radius 1 is 1.53 bits per heavy atom. The Balaban J connectivity index is 2.26. The van der Waals surface area contributed by atoms with E-state index in [1.54, 1.807) is 11.8 Å². The van der Waals surface area contributed by atoms with Crippen LogP contribution in [0.2, 0.25) is 0 Å². The highest BCUT2D eigenvalue weighted by atomic mass is 32.2. The quantitative estimate of drug-likeness (QED) is 0.725. The second-order valence-electron chi connectivity index (χ2n) is 4.51. The highest BCUT2D eigenvalue weighted by Crippen LogP contribution is 2.23. The van der Waals surface area contributed by atoms with Crippen molar-refractivity contribution in [3.05, 3.63) is 0 Å². The summed E-state index contributed by atoms with van der Waals surface area (Å²) in [5.41, 5.74) is 6.03. The molecular weight excluding hydrogens is 210 g/mol. The molecule has 3 atom stereocenters. The average molecular weight is 233 g/mol. The molecule has 0 saturated carbocycles. The van der Waals surface area contributed by atoms with Crippen LogP contribution in [0.3, 0.4) is 0 Å². The molecule has 0 aromatic rings. The van der Waals surface area contributed by atoms with E-state index in [0.717, 1.165) is 18.8 Å². The minimum atomic E-state index is 0.0707. The lowest BCUT2D eigenvalue weighted by molar-refractivity contribution is 0.128. The molecule has 3 nitrogen and oxygen atoms in total. The van der Waals surface area contributed by atoms with Crippen LogP contribution in [0.1, 0.15) is 26.7 Å². The highest BCUT2D eigenvalue weighted by Gasteiger charge is 2.23. The molecule has 0 aromatic heterocycles. The van der Waals surface area contributed by atoms with Gasteiger partial charge in [0.05, 0.1) is 12.7 Å². The van der Waals surface area contributed by atoms with Crippen molar-refractivity contribution in [1.82, 2.24) is 0 Å². The first-order chi connectivity index (χ1) is 7.15. The zero-order valence-electron chi connectivity index (χ0n) is 9.69. The lowest BCUT2D eigenvalue weighted by Crippen LogP contribution is -2.40. The molecule has 1 heterocycles. The highest BCUT2D eigenvalue weighted by molar-refractivity contribution is 8.00. The molecule has 15 heavy (non-hydrogen) atoms. The third-order valence-corrected chi connectivity index (χ3v) is 4.35. The average Bonchev–Trinajstić information content (AvgIpc) is 2.71. The van der Waals surface area contributed by atoms with Gasteiger partial charge >= 0.3 is 0 Å². The van der Waals surface area contributed by atoms with Crippen LogP contribution in [-0.2, 0) is 4.74 Å². The van der Waals surface area contributed by atoms with Crippen molar-refractivity contribution in [2.45, 2.75) is 44.1 Å². The lowest BCUT2D eigenvalue weighted by atomic mass is 10.0. The van der Waals surface area contributed by atoms with Gasteiger partial charge in [-0.05, 0) is 18.8 Å². The van der Waals surface area contributed by atoms with E-state index >= 15 is 0 Å². The van der Waals surface area contributed by atoms with Crippen molar-refractivity contribution in [1.29, 1.82) is 0 Å². The molecule has 0 amide bonds. The molecule has 3 unspecified atom stereocenters. The molecule has 4 heteroatoms. The molecule has 1 rings (SSSR count). The minimum Gasteiger partial charge on any atom is -0.395 e. The maximum Gasteiger partial charge on any atom is 0.0666 e. The Morgan fingerprint density at radius 2 is 2.27 bits per heavy atom. The van der Waals surface area contributed by atoms with Gasteiger partial charge in [-0.3, -0.25) is 0 Å². The summed E-state index contributed by atoms with van der Waals surface area (Å²) < 4.78 is 5.54. The lowest BCUT2D eigenvalue weighted by Gasteiger charge is -2.25. The van der Waals surface area contributed by atoms with Crippen molar-refractivity contribution < 1.29 is 9.84 Å². The maximum atomic E-state index is 9.28. The molecule has 1 aliphatic rings. The molecule has 0 radical (unpaired) electrons. The Morgan fingerprint density at radius 3 is 2.73 bits per heavy atom. The standard InChI is InChI=1S/C11H23NO2S/c1-8(2)11(12)10(6-13)15-7-9-4-3-5-14-9/h8-11,13H,3-7,12H2,1-2H3. The molecular formula is C11H23NO2S. The van der Waals surface area contributed by atoms with E-state index in [4.69, 9.17) is 10.5 Å². The van der Waals surface area contributed by atoms with E-state index in [0.29, 0.717) is 12.0 Å². The van der Waals surface area contributed by atoms with Crippen LogP contribution in [0, 0.1) is 5.92 Å². The van der Waals surface area contributed by atoms with E-state index < -0.39 is 0 Å². The second kappa shape index (κ2) is 6.74. The number of aliphatic hydroxyl groups is 1. The number of hydrogen-bond acceptors (Lipinski definition) is 4. The number of ether oxygens (including phenoxy) is 1. The second-order valence-corrected chi connectivity index (χ2v) is 5.78. The third-order valence-electron chi connectivity index (χ3n) is 2.90. The fraction of sp³-hybridized carbons (Fsp3) is 1.00. The van der Waals surface area contributed by atoms with Crippen LogP contribution in [0.25, 0.3) is 0 Å². The van der Waals surface area contributed by atoms with Crippen LogP contribution in [0.5, 0.6) is 0 Å². The predicted octanol–water partition coefficient (Wildman–Crippen LogP) is 1.24. The van der Waals surface area contributed by atoms with Crippen LogP contribution < -0.4 is 5.73 Å². The zero-order valence-corrected chi connectivity index (χ0v) is 10.5. The van der Waals surface area contributed by atoms with E-state index in [2.05, 4.69) is 13.8 Å². The first-order valence-electron chi connectivity index (χ1n) is 5.74. The fourth-order valence-corrected chi connectivity index (χ4v) is 3.09. The Hall–Kier alpha value is 0.230. The van der Waals surface area contributed by atoms with Crippen molar-refractivity contribution in [2.75, 3.05) is 19.0 Å². The van der Waals surface area contributed by atoms with E-state index in [-0.39, 0.29) is 17.9 Å². The topological polar surface area (TPSA) is 55.5 Å². The molecule has 0 spiro atoms. The largest absolute Gasteiger partial charge is 0.395 e. The molecule has 0 bridgehead atoms. The number of hydrogen-bond donors (Lipinski definition) is 2. The minimum absolute atomic E-state index is 0.0707. The normalized spacial score (nSPS) is 25.8. The van der Waals surface area contributed by atoms with E-state index in [1.165, 1.54) is 6.42 Å². The van der Waals surface area contributed by atoms with E-state index in [1.807, 2.05) is 0 Å². The molecule has 0 aliphatic carbocycles. The summed E-state index contributed by atoms with van der Waals surface area (Å²) in [6.07, 6.45) is 2.70. The van der Waals surface area contributed by atoms with Gasteiger partial charge in [-0.1, -0.05) is 13.8 Å². The van der Waals surface area contributed by atoms with Crippen LogP contribution in [-0.4, -0.2) is 41.5 Å². The molecule has 1 aliphatic heterocycles. The number of aliphatic hydroxyl groups excluding tert-OH is 1. The first kappa shape index (κ1) is 13.3. The smallest absolute Gasteiger partial charge is 0.0666 e. The van der Waals surface area contributed by atoms with Gasteiger partial charge in [0.25, 0.3) is 0 Å². The van der Waals surface area contributed by atoms with Gasteiger partial charge < -0.3 is 15.6 Å². The van der Waals surface area contributed by atoms with Gasteiger partial charge in [0.1, 0.15) is 0 Å². The van der Waals surface area contributed by atoms with Crippen LogP contribution in [0.15, 0.2) is 0 Å². The summed E-state index contributed by atoms with van der Waals surface area (Å²) in [6.45, 7) is 5.25. The summed E-state index contributed by atoms with van der Waals surface area (Å²) >= 11 is 1.76. The van der Waals surface area contributed by atoms with Crippen LogP contribution in [0.4, 0.5) is 0 Å². The molecule has 1 saturated heterocycles. The van der Waals surface area contributed by atoms with Crippen molar-refractivity contribution in [3.8, 4) is 0 Å². The van der Waals surface area contributed by atoms with Gasteiger partial charge in [-0.2, -0.15) is 11.8 Å². The summed E-state index contributed by atoms with van der Waals surface area (Å²) in [5, 5.41) is 9.43. The first-order valence-corrected chi connectivity index (χ1v) is 6.79. The maximum absolute atomic E-state index is 9.28. The number of rotatable bonds is 6. The summed E-state index contributed by atoms with van der Waals surface area (Å²) in [5.74, 6) is 1.38. The van der Waals surface area contributed by atoms with Gasteiger partial charge in [-0.15, -0.1) is 0 Å². The Bertz CT molecular complexity index is 172. The van der Waals surface area contributed by atoms with Gasteiger partial charge in [-0.25, -0.2) is 0 Å². The van der Waals surface area contributed by atoms with Gasteiger partial charge in [0, 0.05) is 23.7 Å². The number of thioether (sulfide) groups is 1. The van der Waals surface area contributed by atoms with Gasteiger partial charge in [0.2, 0.25) is 0 Å². The van der Waals surface area contributed by atoms with Crippen molar-refractivity contribution >= 4 is 11.8 Å². The third kappa shape index (κ3) is 4.31. The van der Waals surface area contributed by atoms with Crippen LogP contribution >= 0.6 is 11.8 Å². The zero-order chi connectivity index (χ0) is 11.3. The molecule has 90 valence electrons. The van der Waals surface area contributed by atoms with Crippen molar-refractivity contribution in [2.24, 2.45) is 11.7 Å². The Kier molecular flexibility index (Phi) is 5.97. The molecule has 3 N–H and O–H groups in total. The van der Waals surface area contributed by atoms with E-state index in [9.17, 15) is 5.11 Å². The van der Waals surface area contributed by atoms with Gasteiger partial charge in [0.15, 0.2) is 0 Å². The Labute approximate surface area is 96.8 Å². The SMILES string of the molecule is CC(C)C(N)C(CO)SCC1CCCO1. The molecule has 1 fully saturated rings.